The molecule has 2 aromatic rings. The number of aliphatic imine (C=N–C) groups is 1. The van der Waals surface area contributed by atoms with Crippen molar-refractivity contribution >= 4 is 29.9 Å². The van der Waals surface area contributed by atoms with E-state index in [1.807, 2.05) is 18.2 Å². The van der Waals surface area contributed by atoms with Crippen LogP contribution in [0.3, 0.4) is 0 Å². The van der Waals surface area contributed by atoms with Gasteiger partial charge >= 0.3 is 6.18 Å². The molecule has 0 radical (unpaired) electrons. The summed E-state index contributed by atoms with van der Waals surface area (Å²) < 4.78 is 38.9. The monoisotopic (exact) mass is 490 g/mol. The summed E-state index contributed by atoms with van der Waals surface area (Å²) in [7, 11) is 1.66. The lowest BCUT2D eigenvalue weighted by Crippen LogP contribution is -2.41. The smallest absolute Gasteiger partial charge is 0.356 e. The molecule has 0 aliphatic heterocycles. The van der Waals surface area contributed by atoms with E-state index in [4.69, 9.17) is 0 Å². The lowest BCUT2D eigenvalue weighted by atomic mass is 9.94. The molecule has 8 heteroatoms. The predicted molar refractivity (Wildman–Crippen MR) is 110 cm³/mol. The maximum absolute atomic E-state index is 13.0. The predicted octanol–water partition coefficient (Wildman–Crippen LogP) is 4.12. The average Bonchev–Trinajstić information content (AvgIpc) is 3.43. The van der Waals surface area contributed by atoms with Crippen molar-refractivity contribution in [3.63, 3.8) is 0 Å². The number of alkyl halides is 3. The highest BCUT2D eigenvalue weighted by Crippen LogP contribution is 2.48. The van der Waals surface area contributed by atoms with Crippen LogP contribution in [-0.2, 0) is 18.1 Å². The van der Waals surface area contributed by atoms with Crippen LogP contribution in [0, 0.1) is 0 Å². The van der Waals surface area contributed by atoms with Crippen molar-refractivity contribution in [3.05, 3.63) is 65.5 Å². The Balaban J connectivity index is 0.00000261. The van der Waals surface area contributed by atoms with Crippen LogP contribution in [-0.4, -0.2) is 24.5 Å². The van der Waals surface area contributed by atoms with E-state index >= 15 is 0 Å². The molecule has 2 N–H and O–H groups in total. The standard InChI is InChI=1S/C19H21F3N4.HI/c1-23-17(25-12-16-7-2-3-10-24-16)26-13-18(8-9-18)14-5-4-6-15(11-14)19(20,21)22;/h2-7,10-11H,8-9,12-13H2,1H3,(H2,23,25,26);1H. The van der Waals surface area contributed by atoms with Gasteiger partial charge in [0.1, 0.15) is 0 Å². The van der Waals surface area contributed by atoms with E-state index in [9.17, 15) is 13.2 Å². The van der Waals surface area contributed by atoms with Crippen molar-refractivity contribution in [2.24, 2.45) is 4.99 Å². The highest BCUT2D eigenvalue weighted by atomic mass is 127. The Bertz CT molecular complexity index is 774. The summed E-state index contributed by atoms with van der Waals surface area (Å²) >= 11 is 0. The van der Waals surface area contributed by atoms with Gasteiger partial charge in [-0.05, 0) is 36.6 Å². The lowest BCUT2D eigenvalue weighted by molar-refractivity contribution is -0.137. The van der Waals surface area contributed by atoms with Gasteiger partial charge < -0.3 is 10.6 Å². The third-order valence-corrected chi connectivity index (χ3v) is 4.64. The van der Waals surface area contributed by atoms with Crippen LogP contribution in [0.15, 0.2) is 53.7 Å². The second kappa shape index (κ2) is 8.90. The maximum Gasteiger partial charge on any atom is 0.416 e. The van der Waals surface area contributed by atoms with Gasteiger partial charge in [0.05, 0.1) is 17.8 Å². The molecule has 1 fully saturated rings. The number of guanidine groups is 1. The Morgan fingerprint density at radius 3 is 2.52 bits per heavy atom. The third kappa shape index (κ3) is 5.57. The van der Waals surface area contributed by atoms with Crippen LogP contribution in [0.25, 0.3) is 0 Å². The molecule has 1 aliphatic carbocycles. The first-order valence-electron chi connectivity index (χ1n) is 8.45. The first-order chi connectivity index (χ1) is 12.4. The van der Waals surface area contributed by atoms with Gasteiger partial charge in [0, 0.05) is 25.2 Å². The SMILES string of the molecule is CN=C(NCc1ccccn1)NCC1(c2cccc(C(F)(F)F)c2)CC1.I. The molecule has 146 valence electrons. The van der Waals surface area contributed by atoms with Gasteiger partial charge in [-0.1, -0.05) is 24.3 Å². The molecule has 1 saturated carbocycles. The number of hydrogen-bond donors (Lipinski definition) is 2. The van der Waals surface area contributed by atoms with E-state index in [0.29, 0.717) is 19.0 Å². The van der Waals surface area contributed by atoms with Gasteiger partial charge in [0.15, 0.2) is 5.96 Å². The molecule has 27 heavy (non-hydrogen) atoms. The summed E-state index contributed by atoms with van der Waals surface area (Å²) in [6.45, 7) is 1.06. The van der Waals surface area contributed by atoms with Crippen molar-refractivity contribution in [1.29, 1.82) is 0 Å². The van der Waals surface area contributed by atoms with Crippen LogP contribution in [0.2, 0.25) is 0 Å². The molecule has 0 unspecified atom stereocenters. The Morgan fingerprint density at radius 2 is 1.93 bits per heavy atom. The summed E-state index contributed by atoms with van der Waals surface area (Å²) in [6.07, 6.45) is -0.878. The van der Waals surface area contributed by atoms with Crippen LogP contribution in [0.5, 0.6) is 0 Å². The molecule has 0 atom stereocenters. The topological polar surface area (TPSA) is 49.3 Å². The van der Waals surface area contributed by atoms with Crippen molar-refractivity contribution in [3.8, 4) is 0 Å². The Hall–Kier alpha value is -1.84. The summed E-state index contributed by atoms with van der Waals surface area (Å²) in [4.78, 5) is 8.41. The van der Waals surface area contributed by atoms with Crippen LogP contribution >= 0.6 is 24.0 Å². The molecule has 3 rings (SSSR count). The summed E-state index contributed by atoms with van der Waals surface area (Å²) in [5.74, 6) is 0.605. The van der Waals surface area contributed by atoms with E-state index in [2.05, 4.69) is 20.6 Å². The third-order valence-electron chi connectivity index (χ3n) is 4.64. The Kier molecular flexibility index (Phi) is 7.07. The zero-order valence-corrected chi connectivity index (χ0v) is 17.2. The number of rotatable bonds is 5. The number of halogens is 4. The Labute approximate surface area is 173 Å². The fourth-order valence-corrected chi connectivity index (χ4v) is 2.89. The van der Waals surface area contributed by atoms with Crippen molar-refractivity contribution in [2.75, 3.05) is 13.6 Å². The molecular weight excluding hydrogens is 468 g/mol. The second-order valence-corrected chi connectivity index (χ2v) is 6.46. The molecule has 0 amide bonds. The van der Waals surface area contributed by atoms with Crippen LogP contribution in [0.1, 0.15) is 29.7 Å². The molecule has 1 heterocycles. The van der Waals surface area contributed by atoms with Gasteiger partial charge in [0.25, 0.3) is 0 Å². The molecule has 1 aromatic heterocycles. The van der Waals surface area contributed by atoms with Crippen molar-refractivity contribution < 1.29 is 13.2 Å². The van der Waals surface area contributed by atoms with Crippen molar-refractivity contribution in [2.45, 2.75) is 31.0 Å². The number of aromatic nitrogens is 1. The van der Waals surface area contributed by atoms with Gasteiger partial charge in [0.2, 0.25) is 0 Å². The highest BCUT2D eigenvalue weighted by Gasteiger charge is 2.45. The molecule has 0 spiro atoms. The molecule has 0 bridgehead atoms. The van der Waals surface area contributed by atoms with Gasteiger partial charge in [-0.15, -0.1) is 24.0 Å². The summed E-state index contributed by atoms with van der Waals surface area (Å²) in [5.41, 5.74) is 0.748. The van der Waals surface area contributed by atoms with E-state index < -0.39 is 11.7 Å². The minimum absolute atomic E-state index is 0. The fraction of sp³-hybridized carbons (Fsp3) is 0.368. The molecule has 1 aliphatic rings. The second-order valence-electron chi connectivity index (χ2n) is 6.46. The maximum atomic E-state index is 13.0. The quantitative estimate of drug-likeness (QED) is 0.377. The first kappa shape index (κ1) is 21.5. The number of nitrogens with zero attached hydrogens (tertiary/aromatic N) is 2. The lowest BCUT2D eigenvalue weighted by Gasteiger charge is -2.20. The Morgan fingerprint density at radius 1 is 1.15 bits per heavy atom. The van der Waals surface area contributed by atoms with E-state index in [0.717, 1.165) is 30.2 Å². The molecule has 1 aromatic carbocycles. The van der Waals surface area contributed by atoms with E-state index in [1.54, 1.807) is 19.3 Å². The average molecular weight is 490 g/mol. The van der Waals surface area contributed by atoms with E-state index in [1.165, 1.54) is 12.1 Å². The number of hydrogen-bond acceptors (Lipinski definition) is 2. The number of pyridine rings is 1. The molecular formula is C19H22F3IN4. The minimum Gasteiger partial charge on any atom is -0.356 e. The number of benzene rings is 1. The van der Waals surface area contributed by atoms with Crippen molar-refractivity contribution in [1.82, 2.24) is 15.6 Å². The fourth-order valence-electron chi connectivity index (χ4n) is 2.89. The largest absolute Gasteiger partial charge is 0.416 e. The van der Waals surface area contributed by atoms with Gasteiger partial charge in [-0.3, -0.25) is 9.98 Å². The van der Waals surface area contributed by atoms with Crippen LogP contribution in [0.4, 0.5) is 13.2 Å². The summed E-state index contributed by atoms with van der Waals surface area (Å²) in [6, 6.07) is 11.3. The van der Waals surface area contributed by atoms with Gasteiger partial charge in [-0.2, -0.15) is 13.2 Å². The van der Waals surface area contributed by atoms with Crippen LogP contribution < -0.4 is 10.6 Å². The molecule has 0 saturated heterocycles. The number of nitrogens with one attached hydrogen (secondary N) is 2. The minimum atomic E-state index is -4.32. The zero-order valence-electron chi connectivity index (χ0n) is 14.9. The van der Waals surface area contributed by atoms with E-state index in [-0.39, 0.29) is 29.4 Å². The first-order valence-corrected chi connectivity index (χ1v) is 8.45. The normalized spacial score (nSPS) is 15.6. The van der Waals surface area contributed by atoms with Gasteiger partial charge in [-0.25, -0.2) is 0 Å². The zero-order chi connectivity index (χ0) is 18.6. The highest BCUT2D eigenvalue weighted by molar-refractivity contribution is 14.0. The molecule has 4 nitrogen and oxygen atoms in total. The summed E-state index contributed by atoms with van der Waals surface area (Å²) in [5, 5.41) is 6.40.